The summed E-state index contributed by atoms with van der Waals surface area (Å²) in [5.41, 5.74) is 2.90. The summed E-state index contributed by atoms with van der Waals surface area (Å²) in [4.78, 5) is 19.8. The highest BCUT2D eigenvalue weighted by Crippen LogP contribution is 2.37. The van der Waals surface area contributed by atoms with Crippen molar-refractivity contribution in [2.24, 2.45) is 0 Å². The highest BCUT2D eigenvalue weighted by atomic mass is 19.3. The number of halogens is 2. The first-order chi connectivity index (χ1) is 15.6. The summed E-state index contributed by atoms with van der Waals surface area (Å²) < 4.78 is 33.7. The van der Waals surface area contributed by atoms with Crippen LogP contribution in [-0.2, 0) is 6.54 Å². The number of hydrogen-bond acceptors (Lipinski definition) is 4. The zero-order valence-corrected chi connectivity index (χ0v) is 18.1. The minimum atomic E-state index is -2.56. The Bertz CT molecular complexity index is 1310. The van der Waals surface area contributed by atoms with Crippen LogP contribution in [0.15, 0.2) is 22.9 Å². The van der Waals surface area contributed by atoms with Gasteiger partial charge in [0.05, 0.1) is 5.52 Å². The summed E-state index contributed by atoms with van der Waals surface area (Å²) >= 11 is 0. The van der Waals surface area contributed by atoms with E-state index in [0.29, 0.717) is 22.3 Å². The molecular weight excluding hydrogens is 430 g/mol. The fourth-order valence-corrected chi connectivity index (χ4v) is 5.61. The van der Waals surface area contributed by atoms with Crippen LogP contribution in [0, 0.1) is 0 Å². The molecule has 3 aromatic heterocycles. The van der Waals surface area contributed by atoms with Crippen molar-refractivity contribution in [1.82, 2.24) is 19.7 Å². The van der Waals surface area contributed by atoms with Gasteiger partial charge >= 0.3 is 0 Å². The van der Waals surface area contributed by atoms with Crippen LogP contribution in [0.3, 0.4) is 0 Å². The summed E-state index contributed by atoms with van der Waals surface area (Å²) in [6.07, 6.45) is 11.9. The fraction of sp³-hybridized carbons (Fsp3) is 0.458. The molecule has 2 atom stereocenters. The maximum absolute atomic E-state index is 13.4. The van der Waals surface area contributed by atoms with E-state index >= 15 is 0 Å². The molecule has 9 heteroatoms. The summed E-state index contributed by atoms with van der Waals surface area (Å²) in [5, 5.41) is 6.09. The summed E-state index contributed by atoms with van der Waals surface area (Å²) in [6.45, 7) is -0.543. The quantitative estimate of drug-likeness (QED) is 0.603. The molecule has 174 valence electrons. The molecule has 0 spiro atoms. The number of nitrogens with zero attached hydrogens (tertiary/aromatic N) is 4. The Labute approximate surface area is 188 Å². The first kappa shape index (κ1) is 21.8. The number of fused-ring (bicyclic) bond motifs is 4. The van der Waals surface area contributed by atoms with Crippen LogP contribution in [0.1, 0.15) is 55.4 Å². The third-order valence-electron chi connectivity index (χ3n) is 7.05. The number of amides is 1. The first-order valence-corrected chi connectivity index (χ1v) is 11.4. The Morgan fingerprint density at radius 2 is 1.91 bits per heavy atom. The third kappa shape index (κ3) is 3.55. The van der Waals surface area contributed by atoms with Gasteiger partial charge in [0.15, 0.2) is 0 Å². The molecule has 1 aliphatic carbocycles. The second-order valence-corrected chi connectivity index (χ2v) is 8.95. The number of hydrogen-bond donors (Lipinski definition) is 0. The van der Waals surface area contributed by atoms with Gasteiger partial charge in [0.25, 0.3) is 12.3 Å². The summed E-state index contributed by atoms with van der Waals surface area (Å²) in [7, 11) is 0. The number of aromatic nitrogens is 3. The lowest BCUT2D eigenvalue weighted by atomic mass is 10.0. The zero-order valence-electron chi connectivity index (χ0n) is 18.1. The molecule has 3 aliphatic rings. The van der Waals surface area contributed by atoms with E-state index in [1.54, 1.807) is 18.5 Å². The lowest BCUT2D eigenvalue weighted by Gasteiger charge is -2.34. The van der Waals surface area contributed by atoms with Gasteiger partial charge in [-0.3, -0.25) is 14.5 Å². The van der Waals surface area contributed by atoms with Crippen molar-refractivity contribution in [2.45, 2.75) is 70.0 Å². The maximum Gasteiger partial charge on any atom is 0.273 e. The van der Waals surface area contributed by atoms with Crippen molar-refractivity contribution in [1.29, 1.82) is 0 Å². The number of rotatable bonds is 4. The number of alkyl halides is 2. The molecule has 2 saturated heterocycles. The molecule has 3 aromatic rings. The first-order valence-electron chi connectivity index (χ1n) is 11.4. The lowest BCUT2D eigenvalue weighted by molar-refractivity contribution is 0.0589. The van der Waals surface area contributed by atoms with Gasteiger partial charge in [-0.15, -0.1) is 0 Å². The molecule has 2 bridgehead atoms. The van der Waals surface area contributed by atoms with Gasteiger partial charge in [0.1, 0.15) is 29.6 Å². The number of carbonyl (C=O) groups is 1. The van der Waals surface area contributed by atoms with Crippen molar-refractivity contribution in [3.8, 4) is 11.3 Å². The van der Waals surface area contributed by atoms with Crippen molar-refractivity contribution >= 4 is 29.0 Å². The molecule has 2 unspecified atom stereocenters. The standard InChI is InChI=1S/C24H24F2N4O2.H2O/c25-22(26)12-29-20-10-19(24(31)30-14-4-3-5-15(30)9-8-14)27-11-17(20)23(28-29)18-13-32-21-7-2-1-6-16(18)21;/h6-7,10-11,13-15,22H,1-5,8-9,12H2;1H2. The Hall–Kier alpha value is -3.07. The van der Waals surface area contributed by atoms with Gasteiger partial charge in [-0.2, -0.15) is 5.10 Å². The molecule has 0 radical (unpaired) electrons. The van der Waals surface area contributed by atoms with Crippen LogP contribution in [0.4, 0.5) is 8.78 Å². The van der Waals surface area contributed by atoms with Crippen molar-refractivity contribution in [3.63, 3.8) is 0 Å². The molecule has 7 nitrogen and oxygen atoms in total. The normalized spacial score (nSPS) is 21.5. The SMILES string of the molecule is O.O=C(c1cc2c(cn1)c(-c1coc3c1=CCCC=3)nn2CC(F)F)N1C2CCCC1CC2. The van der Waals surface area contributed by atoms with Crippen LogP contribution in [0.25, 0.3) is 34.3 Å². The van der Waals surface area contributed by atoms with Gasteiger partial charge in [-0.05, 0) is 57.1 Å². The minimum absolute atomic E-state index is 0. The average molecular weight is 456 g/mol. The lowest BCUT2D eigenvalue weighted by Crippen LogP contribution is -2.44. The van der Waals surface area contributed by atoms with Crippen molar-refractivity contribution in [3.05, 3.63) is 34.9 Å². The van der Waals surface area contributed by atoms with E-state index in [1.807, 2.05) is 11.0 Å². The topological polar surface area (TPSA) is 95.7 Å². The number of piperidine rings is 1. The van der Waals surface area contributed by atoms with Crippen LogP contribution >= 0.6 is 0 Å². The Balaban J connectivity index is 0.00000228. The van der Waals surface area contributed by atoms with E-state index < -0.39 is 13.0 Å². The van der Waals surface area contributed by atoms with E-state index in [4.69, 9.17) is 4.42 Å². The molecule has 6 rings (SSSR count). The number of carbonyl (C=O) groups excluding carboxylic acids is 1. The molecule has 33 heavy (non-hydrogen) atoms. The van der Waals surface area contributed by atoms with Gasteiger partial charge in [0.2, 0.25) is 0 Å². The van der Waals surface area contributed by atoms with E-state index in [2.05, 4.69) is 16.2 Å². The van der Waals surface area contributed by atoms with Crippen LogP contribution < -0.4 is 10.6 Å². The fourth-order valence-electron chi connectivity index (χ4n) is 5.61. The van der Waals surface area contributed by atoms with Gasteiger partial charge in [-0.25, -0.2) is 8.78 Å². The number of furan rings is 1. The molecule has 0 aromatic carbocycles. The van der Waals surface area contributed by atoms with Gasteiger partial charge in [-0.1, -0.05) is 6.08 Å². The number of pyridine rings is 1. The second-order valence-electron chi connectivity index (χ2n) is 8.95. The predicted octanol–water partition coefficient (Wildman–Crippen LogP) is 2.64. The highest BCUT2D eigenvalue weighted by Gasteiger charge is 2.40. The maximum atomic E-state index is 13.4. The molecule has 2 fully saturated rings. The molecular formula is C24H26F2N4O3. The van der Waals surface area contributed by atoms with Crippen LogP contribution in [-0.4, -0.2) is 49.6 Å². The monoisotopic (exact) mass is 456 g/mol. The van der Waals surface area contributed by atoms with Gasteiger partial charge in [0, 0.05) is 34.4 Å². The van der Waals surface area contributed by atoms with E-state index in [-0.39, 0.29) is 23.5 Å². The third-order valence-corrected chi connectivity index (χ3v) is 7.05. The Morgan fingerprint density at radius 3 is 2.67 bits per heavy atom. The average Bonchev–Trinajstić information content (AvgIpc) is 3.44. The molecule has 0 saturated carbocycles. The Kier molecular flexibility index (Phi) is 5.52. The van der Waals surface area contributed by atoms with E-state index in [9.17, 15) is 13.6 Å². The smallest absolute Gasteiger partial charge is 0.273 e. The van der Waals surface area contributed by atoms with E-state index in [1.165, 1.54) is 4.68 Å². The summed E-state index contributed by atoms with van der Waals surface area (Å²) in [5.74, 6) is -0.103. The molecule has 2 aliphatic heterocycles. The Morgan fingerprint density at radius 1 is 1.15 bits per heavy atom. The largest absolute Gasteiger partial charge is 0.464 e. The van der Waals surface area contributed by atoms with Crippen molar-refractivity contribution < 1.29 is 23.5 Å². The van der Waals surface area contributed by atoms with E-state index in [0.717, 1.165) is 61.1 Å². The summed E-state index contributed by atoms with van der Waals surface area (Å²) in [6, 6.07) is 2.17. The highest BCUT2D eigenvalue weighted by molar-refractivity contribution is 5.99. The van der Waals surface area contributed by atoms with Crippen molar-refractivity contribution in [2.75, 3.05) is 0 Å². The second kappa shape index (κ2) is 8.37. The van der Waals surface area contributed by atoms with Crippen LogP contribution in [0.5, 0.6) is 0 Å². The zero-order chi connectivity index (χ0) is 21.8. The predicted molar refractivity (Wildman–Crippen MR) is 119 cm³/mol. The molecule has 5 heterocycles. The molecule has 1 amide bonds. The minimum Gasteiger partial charge on any atom is -0.464 e. The van der Waals surface area contributed by atoms with Crippen LogP contribution in [0.2, 0.25) is 0 Å². The molecule has 2 N–H and O–H groups in total. The van der Waals surface area contributed by atoms with Gasteiger partial charge < -0.3 is 14.8 Å².